The number of carboxylic acid groups (broad SMARTS) is 1. The molecule has 0 radical (unpaired) electrons. The summed E-state index contributed by atoms with van der Waals surface area (Å²) < 4.78 is 37.7. The van der Waals surface area contributed by atoms with Crippen molar-refractivity contribution < 1.29 is 32.6 Å². The van der Waals surface area contributed by atoms with Gasteiger partial charge in [-0.25, -0.2) is 4.79 Å². The number of benzene rings is 1. The minimum Gasteiger partial charge on any atom is -0.475 e. The molecule has 1 amide bonds. The number of piperidine rings is 1. The molecule has 1 N–H and O–H groups in total. The van der Waals surface area contributed by atoms with Crippen molar-refractivity contribution in [1.82, 2.24) is 9.80 Å². The maximum atomic E-state index is 11.9. The van der Waals surface area contributed by atoms with Crippen LogP contribution in [0.1, 0.15) is 24.0 Å². The fraction of sp³-hybridized carbons (Fsp3) is 0.476. The third-order valence-corrected chi connectivity index (χ3v) is 5.16. The lowest BCUT2D eigenvalue weighted by Crippen LogP contribution is -2.58. The summed E-state index contributed by atoms with van der Waals surface area (Å²) in [6.45, 7) is 7.89. The molecular weight excluding hydrogens is 415 g/mol. The molecule has 1 spiro atoms. The lowest BCUT2D eigenvalue weighted by Gasteiger charge is -2.46. The number of hydrogen-bond donors (Lipinski definition) is 1. The van der Waals surface area contributed by atoms with Crippen LogP contribution in [-0.2, 0) is 20.9 Å². The average Bonchev–Trinajstić information content (AvgIpc) is 2.73. The van der Waals surface area contributed by atoms with Crippen LogP contribution in [0.5, 0.6) is 0 Å². The quantitative estimate of drug-likeness (QED) is 0.725. The number of halogens is 3. The van der Waals surface area contributed by atoms with Gasteiger partial charge >= 0.3 is 12.1 Å². The third kappa shape index (κ3) is 7.08. The van der Waals surface area contributed by atoms with E-state index in [0.29, 0.717) is 18.7 Å². The molecule has 0 saturated carbocycles. The number of likely N-dealkylation sites (tertiary alicyclic amines) is 1. The Morgan fingerprint density at radius 2 is 2.00 bits per heavy atom. The number of carbonyl (C=O) groups excluding carboxylic acids is 1. The molecule has 2 fully saturated rings. The zero-order valence-corrected chi connectivity index (χ0v) is 16.9. The minimum atomic E-state index is -5.08. The van der Waals surface area contributed by atoms with E-state index in [-0.39, 0.29) is 18.1 Å². The van der Waals surface area contributed by atoms with Crippen molar-refractivity contribution in [2.45, 2.75) is 31.2 Å². The van der Waals surface area contributed by atoms with Crippen molar-refractivity contribution in [2.75, 3.05) is 32.8 Å². The van der Waals surface area contributed by atoms with Gasteiger partial charge in [-0.1, -0.05) is 18.2 Å². The Balaban J connectivity index is 0.000000423. The Labute approximate surface area is 178 Å². The van der Waals surface area contributed by atoms with Crippen LogP contribution in [0.3, 0.4) is 0 Å². The molecule has 1 aromatic carbocycles. The molecule has 0 aliphatic carbocycles. The van der Waals surface area contributed by atoms with Crippen molar-refractivity contribution in [2.24, 2.45) is 0 Å². The number of morpholine rings is 1. The molecule has 0 unspecified atom stereocenters. The summed E-state index contributed by atoms with van der Waals surface area (Å²) in [6.07, 6.45) is -1.47. The number of rotatable bonds is 4. The number of ether oxygens (including phenoxy) is 1. The largest absolute Gasteiger partial charge is 0.490 e. The van der Waals surface area contributed by atoms with E-state index in [0.717, 1.165) is 38.0 Å². The lowest BCUT2D eigenvalue weighted by molar-refractivity contribution is -0.192. The van der Waals surface area contributed by atoms with Crippen LogP contribution < -0.4 is 0 Å². The molecule has 0 bridgehead atoms. The van der Waals surface area contributed by atoms with E-state index < -0.39 is 12.1 Å². The van der Waals surface area contributed by atoms with Gasteiger partial charge in [-0.15, -0.1) is 6.58 Å². The lowest BCUT2D eigenvalue weighted by atomic mass is 9.89. The second-order valence-electron chi connectivity index (χ2n) is 7.43. The summed E-state index contributed by atoms with van der Waals surface area (Å²) >= 11 is 0. The van der Waals surface area contributed by atoms with Crippen LogP contribution >= 0.6 is 0 Å². The third-order valence-electron chi connectivity index (χ3n) is 5.16. The molecule has 2 aliphatic heterocycles. The molecule has 10 heteroatoms. The summed E-state index contributed by atoms with van der Waals surface area (Å²) in [5, 5.41) is 16.1. The Bertz CT molecular complexity index is 843. The fourth-order valence-corrected chi connectivity index (χ4v) is 3.53. The van der Waals surface area contributed by atoms with Gasteiger partial charge in [0.2, 0.25) is 5.91 Å². The molecule has 31 heavy (non-hydrogen) atoms. The zero-order valence-electron chi connectivity index (χ0n) is 16.9. The Morgan fingerprint density at radius 3 is 2.55 bits per heavy atom. The highest BCUT2D eigenvalue weighted by Gasteiger charge is 2.41. The number of hydrogen-bond acceptors (Lipinski definition) is 5. The van der Waals surface area contributed by atoms with Gasteiger partial charge in [-0.3, -0.25) is 9.69 Å². The number of carboxylic acids is 1. The molecular formula is C21H24F3N3O4. The normalized spacial score (nSPS) is 18.6. The molecule has 7 nitrogen and oxygen atoms in total. The van der Waals surface area contributed by atoms with Crippen LogP contribution in [0.15, 0.2) is 36.9 Å². The van der Waals surface area contributed by atoms with E-state index in [1.807, 2.05) is 23.1 Å². The fourth-order valence-electron chi connectivity index (χ4n) is 3.53. The first-order valence-corrected chi connectivity index (χ1v) is 9.63. The van der Waals surface area contributed by atoms with Crippen molar-refractivity contribution in [3.8, 4) is 6.07 Å². The number of alkyl halides is 3. The smallest absolute Gasteiger partial charge is 0.475 e. The van der Waals surface area contributed by atoms with Crippen molar-refractivity contribution >= 4 is 11.9 Å². The van der Waals surface area contributed by atoms with Crippen LogP contribution in [-0.4, -0.2) is 71.3 Å². The van der Waals surface area contributed by atoms with Gasteiger partial charge < -0.3 is 14.7 Å². The standard InChI is InChI=1S/C19H23N3O2.C2HF3O2/c1-2-8-22-15-19(24-14-18(22)23)6-9-21(10-7-19)13-17-5-3-4-16(11-17)12-20;3-2(4,5)1(6)7/h2-5,11H,1,6-10,13-15H2;(H,6,7). The van der Waals surface area contributed by atoms with Crippen molar-refractivity contribution in [1.29, 1.82) is 5.26 Å². The maximum Gasteiger partial charge on any atom is 0.490 e. The molecule has 0 atom stereocenters. The molecule has 0 aromatic heterocycles. The van der Waals surface area contributed by atoms with Crippen LogP contribution in [0, 0.1) is 11.3 Å². The summed E-state index contributed by atoms with van der Waals surface area (Å²) in [5.74, 6) is -2.70. The Kier molecular flexibility index (Phi) is 8.19. The first kappa shape index (κ1) is 24.4. The predicted octanol–water partition coefficient (Wildman–Crippen LogP) is 2.57. The second-order valence-corrected chi connectivity index (χ2v) is 7.43. The van der Waals surface area contributed by atoms with Crippen LogP contribution in [0.4, 0.5) is 13.2 Å². The van der Waals surface area contributed by atoms with Crippen molar-refractivity contribution in [3.05, 3.63) is 48.0 Å². The Hall–Kier alpha value is -2.90. The van der Waals surface area contributed by atoms with Crippen molar-refractivity contribution in [3.63, 3.8) is 0 Å². The first-order chi connectivity index (χ1) is 14.6. The number of aliphatic carboxylic acids is 1. The molecule has 3 rings (SSSR count). The SMILES string of the molecule is C=CCN1CC2(CCN(Cc3cccc(C#N)c3)CC2)OCC1=O.O=C(O)C(F)(F)F. The van der Waals surface area contributed by atoms with E-state index in [1.54, 1.807) is 6.08 Å². The summed E-state index contributed by atoms with van der Waals surface area (Å²) in [5.41, 5.74) is 1.66. The summed E-state index contributed by atoms with van der Waals surface area (Å²) in [6, 6.07) is 9.96. The van der Waals surface area contributed by atoms with E-state index in [9.17, 15) is 18.0 Å². The van der Waals surface area contributed by atoms with Gasteiger partial charge in [-0.2, -0.15) is 18.4 Å². The molecule has 1 aromatic rings. The molecule has 168 valence electrons. The highest BCUT2D eigenvalue weighted by atomic mass is 19.4. The van der Waals surface area contributed by atoms with E-state index in [4.69, 9.17) is 19.9 Å². The number of nitrogens with zero attached hydrogens (tertiary/aromatic N) is 3. The Morgan fingerprint density at radius 1 is 1.35 bits per heavy atom. The topological polar surface area (TPSA) is 93.9 Å². The maximum absolute atomic E-state index is 11.9. The van der Waals surface area contributed by atoms with Gasteiger partial charge in [-0.05, 0) is 30.5 Å². The predicted molar refractivity (Wildman–Crippen MR) is 105 cm³/mol. The average molecular weight is 439 g/mol. The van der Waals surface area contributed by atoms with E-state index in [1.165, 1.54) is 0 Å². The molecule has 2 saturated heterocycles. The van der Waals surface area contributed by atoms with Gasteiger partial charge in [0.05, 0.1) is 23.8 Å². The monoisotopic (exact) mass is 439 g/mol. The zero-order chi connectivity index (χ0) is 23.1. The molecule has 2 heterocycles. The number of amides is 1. The minimum absolute atomic E-state index is 0.0521. The highest BCUT2D eigenvalue weighted by Crippen LogP contribution is 2.31. The summed E-state index contributed by atoms with van der Waals surface area (Å²) in [7, 11) is 0. The highest BCUT2D eigenvalue weighted by molar-refractivity contribution is 5.78. The van der Waals surface area contributed by atoms with Crippen LogP contribution in [0.25, 0.3) is 0 Å². The number of nitriles is 1. The van der Waals surface area contributed by atoms with Gasteiger partial charge in [0.25, 0.3) is 0 Å². The number of carbonyl (C=O) groups is 2. The summed E-state index contributed by atoms with van der Waals surface area (Å²) in [4.78, 5) is 25.0. The van der Waals surface area contributed by atoms with E-state index in [2.05, 4.69) is 23.6 Å². The van der Waals surface area contributed by atoms with Gasteiger partial charge in [0, 0.05) is 26.2 Å². The molecule has 2 aliphatic rings. The first-order valence-electron chi connectivity index (χ1n) is 9.63. The van der Waals surface area contributed by atoms with Gasteiger partial charge in [0.1, 0.15) is 6.61 Å². The van der Waals surface area contributed by atoms with E-state index >= 15 is 0 Å². The van der Waals surface area contributed by atoms with Gasteiger partial charge in [0.15, 0.2) is 0 Å². The van der Waals surface area contributed by atoms with Crippen LogP contribution in [0.2, 0.25) is 0 Å². The second kappa shape index (κ2) is 10.4.